The molecule has 0 aromatic carbocycles. The van der Waals surface area contributed by atoms with E-state index in [-0.39, 0.29) is 30.8 Å². The van der Waals surface area contributed by atoms with E-state index in [1.54, 1.807) is 25.7 Å². The summed E-state index contributed by atoms with van der Waals surface area (Å²) in [7, 11) is 0. The van der Waals surface area contributed by atoms with Gasteiger partial charge in [-0.25, -0.2) is 4.79 Å². The highest BCUT2D eigenvalue weighted by Gasteiger charge is 2.23. The molecule has 3 amide bonds. The van der Waals surface area contributed by atoms with E-state index in [1.807, 2.05) is 0 Å². The summed E-state index contributed by atoms with van der Waals surface area (Å²) >= 11 is 5.58. The van der Waals surface area contributed by atoms with Crippen LogP contribution in [0.4, 0.5) is 4.79 Å². The third kappa shape index (κ3) is 9.53. The lowest BCUT2D eigenvalue weighted by Gasteiger charge is -2.32. The number of halogens is 1. The van der Waals surface area contributed by atoms with Crippen LogP contribution in [0, 0.1) is 0 Å². The van der Waals surface area contributed by atoms with Crippen LogP contribution >= 0.6 is 11.6 Å². The van der Waals surface area contributed by atoms with Crippen molar-refractivity contribution in [3.63, 3.8) is 0 Å². The fraction of sp³-hybridized carbons (Fsp3) is 0.824. The second kappa shape index (κ2) is 10.5. The Labute approximate surface area is 154 Å². The van der Waals surface area contributed by atoms with E-state index in [2.05, 4.69) is 10.6 Å². The molecule has 2 N–H and O–H groups in total. The normalized spacial score (nSPS) is 15.6. The minimum absolute atomic E-state index is 0.00275. The van der Waals surface area contributed by atoms with Gasteiger partial charge >= 0.3 is 6.09 Å². The monoisotopic (exact) mass is 375 g/mol. The Kier molecular flexibility index (Phi) is 9.03. The molecular weight excluding hydrogens is 346 g/mol. The summed E-state index contributed by atoms with van der Waals surface area (Å²) in [4.78, 5) is 37.2. The zero-order valence-corrected chi connectivity index (χ0v) is 16.2. The largest absolute Gasteiger partial charge is 0.444 e. The summed E-state index contributed by atoms with van der Waals surface area (Å²) in [5.41, 5.74) is -0.551. The molecule has 1 saturated heterocycles. The van der Waals surface area contributed by atoms with E-state index in [0.717, 1.165) is 12.8 Å². The number of carbonyl (C=O) groups is 3. The van der Waals surface area contributed by atoms with Gasteiger partial charge in [0.25, 0.3) is 0 Å². The van der Waals surface area contributed by atoms with Gasteiger partial charge in [0.15, 0.2) is 0 Å². The number of rotatable bonds is 7. The Morgan fingerprint density at radius 2 is 1.80 bits per heavy atom. The van der Waals surface area contributed by atoms with E-state index in [4.69, 9.17) is 16.3 Å². The van der Waals surface area contributed by atoms with Gasteiger partial charge in [0, 0.05) is 44.4 Å². The number of alkyl halides is 1. The summed E-state index contributed by atoms with van der Waals surface area (Å²) in [5, 5.41) is 5.57. The fourth-order valence-electron chi connectivity index (χ4n) is 2.54. The van der Waals surface area contributed by atoms with Gasteiger partial charge in [0.05, 0.1) is 0 Å². The van der Waals surface area contributed by atoms with Crippen molar-refractivity contribution in [1.82, 2.24) is 15.5 Å². The average Bonchev–Trinajstić information content (AvgIpc) is 2.51. The van der Waals surface area contributed by atoms with Gasteiger partial charge in [0.1, 0.15) is 5.60 Å². The molecule has 0 aromatic rings. The molecule has 25 heavy (non-hydrogen) atoms. The molecule has 1 rings (SSSR count). The molecule has 0 bridgehead atoms. The van der Waals surface area contributed by atoms with Crippen LogP contribution in [0.25, 0.3) is 0 Å². The standard InChI is InChI=1S/C17H30ClN3O4/c1-17(2,3)25-16(24)19-10-6-15(23)21-11-7-13(8-12-21)20-14(22)5-4-9-18/h13H,4-12H2,1-3H3,(H,19,24)(H,20,22). The first-order chi connectivity index (χ1) is 11.7. The number of nitrogens with zero attached hydrogens (tertiary/aromatic N) is 1. The first kappa shape index (κ1) is 21.5. The van der Waals surface area contributed by atoms with Gasteiger partial charge in [-0.15, -0.1) is 11.6 Å². The number of likely N-dealkylation sites (tertiary alicyclic amines) is 1. The number of hydrogen-bond donors (Lipinski definition) is 2. The van der Waals surface area contributed by atoms with Crippen molar-refractivity contribution in [2.45, 2.75) is 64.5 Å². The Morgan fingerprint density at radius 3 is 2.36 bits per heavy atom. The van der Waals surface area contributed by atoms with Gasteiger partial charge in [-0.1, -0.05) is 0 Å². The Bertz CT molecular complexity index is 457. The summed E-state index contributed by atoms with van der Waals surface area (Å²) < 4.78 is 5.12. The Balaban J connectivity index is 2.20. The molecule has 0 unspecified atom stereocenters. The lowest BCUT2D eigenvalue weighted by atomic mass is 10.0. The van der Waals surface area contributed by atoms with Crippen molar-refractivity contribution in [2.24, 2.45) is 0 Å². The summed E-state index contributed by atoms with van der Waals surface area (Å²) in [6.45, 7) is 6.85. The molecule has 0 aromatic heterocycles. The Hall–Kier alpha value is -1.50. The van der Waals surface area contributed by atoms with Crippen molar-refractivity contribution in [3.05, 3.63) is 0 Å². The van der Waals surface area contributed by atoms with Gasteiger partial charge in [0.2, 0.25) is 11.8 Å². The number of carbonyl (C=O) groups excluding carboxylic acids is 3. The Morgan fingerprint density at radius 1 is 1.16 bits per heavy atom. The van der Waals surface area contributed by atoms with Crippen molar-refractivity contribution in [2.75, 3.05) is 25.5 Å². The molecule has 1 aliphatic heterocycles. The first-order valence-corrected chi connectivity index (χ1v) is 9.34. The second-order valence-corrected chi connectivity index (χ2v) is 7.57. The zero-order chi connectivity index (χ0) is 18.9. The predicted molar refractivity (Wildman–Crippen MR) is 96.6 cm³/mol. The zero-order valence-electron chi connectivity index (χ0n) is 15.4. The number of amides is 3. The van der Waals surface area contributed by atoms with E-state index >= 15 is 0 Å². The molecule has 1 heterocycles. The molecule has 8 heteroatoms. The molecule has 0 saturated carbocycles. The average molecular weight is 376 g/mol. The molecule has 0 aliphatic carbocycles. The molecular formula is C17H30ClN3O4. The number of ether oxygens (including phenoxy) is 1. The summed E-state index contributed by atoms with van der Waals surface area (Å²) in [5.74, 6) is 0.507. The van der Waals surface area contributed by atoms with Crippen LogP contribution in [-0.4, -0.2) is 60.0 Å². The van der Waals surface area contributed by atoms with Crippen molar-refractivity contribution < 1.29 is 19.1 Å². The maximum Gasteiger partial charge on any atom is 0.407 e. The predicted octanol–water partition coefficient (Wildman–Crippen LogP) is 2.03. The molecule has 0 radical (unpaired) electrons. The van der Waals surface area contributed by atoms with E-state index in [1.165, 1.54) is 0 Å². The lowest BCUT2D eigenvalue weighted by Crippen LogP contribution is -2.47. The number of nitrogens with one attached hydrogen (secondary N) is 2. The first-order valence-electron chi connectivity index (χ1n) is 8.81. The molecule has 1 aliphatic rings. The number of hydrogen-bond acceptors (Lipinski definition) is 4. The van der Waals surface area contributed by atoms with Gasteiger partial charge in [-0.3, -0.25) is 9.59 Å². The van der Waals surface area contributed by atoms with E-state index in [9.17, 15) is 14.4 Å². The second-order valence-electron chi connectivity index (χ2n) is 7.19. The number of piperidine rings is 1. The molecule has 144 valence electrons. The van der Waals surface area contributed by atoms with Gasteiger partial charge in [-0.05, 0) is 40.0 Å². The van der Waals surface area contributed by atoms with Crippen molar-refractivity contribution in [1.29, 1.82) is 0 Å². The van der Waals surface area contributed by atoms with Crippen LogP contribution in [-0.2, 0) is 14.3 Å². The SMILES string of the molecule is CC(C)(C)OC(=O)NCCC(=O)N1CCC(NC(=O)CCCCl)CC1. The smallest absolute Gasteiger partial charge is 0.407 e. The summed E-state index contributed by atoms with van der Waals surface area (Å²) in [6, 6.07) is 0.117. The topological polar surface area (TPSA) is 87.7 Å². The minimum Gasteiger partial charge on any atom is -0.444 e. The van der Waals surface area contributed by atoms with Crippen LogP contribution < -0.4 is 10.6 Å². The third-order valence-electron chi connectivity index (χ3n) is 3.76. The third-order valence-corrected chi connectivity index (χ3v) is 4.02. The van der Waals surface area contributed by atoms with E-state index < -0.39 is 11.7 Å². The molecule has 1 fully saturated rings. The van der Waals surface area contributed by atoms with Crippen molar-refractivity contribution >= 4 is 29.5 Å². The van der Waals surface area contributed by atoms with Crippen LogP contribution in [0.5, 0.6) is 0 Å². The lowest BCUT2D eigenvalue weighted by molar-refractivity contribution is -0.132. The van der Waals surface area contributed by atoms with E-state index in [0.29, 0.717) is 31.8 Å². The molecule has 0 atom stereocenters. The van der Waals surface area contributed by atoms with Crippen LogP contribution in [0.3, 0.4) is 0 Å². The van der Waals surface area contributed by atoms with Crippen LogP contribution in [0.15, 0.2) is 0 Å². The highest BCUT2D eigenvalue weighted by atomic mass is 35.5. The molecule has 0 spiro atoms. The highest BCUT2D eigenvalue weighted by Crippen LogP contribution is 2.12. The minimum atomic E-state index is -0.551. The molecule has 7 nitrogen and oxygen atoms in total. The highest BCUT2D eigenvalue weighted by molar-refractivity contribution is 6.17. The summed E-state index contributed by atoms with van der Waals surface area (Å²) in [6.07, 6.45) is 2.34. The van der Waals surface area contributed by atoms with Gasteiger partial charge in [-0.2, -0.15) is 0 Å². The van der Waals surface area contributed by atoms with Crippen LogP contribution in [0.1, 0.15) is 52.9 Å². The van der Waals surface area contributed by atoms with Crippen molar-refractivity contribution in [3.8, 4) is 0 Å². The number of alkyl carbamates (subject to hydrolysis) is 1. The van der Waals surface area contributed by atoms with Gasteiger partial charge < -0.3 is 20.3 Å². The quantitative estimate of drug-likeness (QED) is 0.666. The maximum absolute atomic E-state index is 12.2. The fourth-order valence-corrected chi connectivity index (χ4v) is 2.68. The maximum atomic E-state index is 12.2. The van der Waals surface area contributed by atoms with Crippen LogP contribution in [0.2, 0.25) is 0 Å².